The topological polar surface area (TPSA) is 52.3 Å². The number of hydrogen-bond acceptors (Lipinski definition) is 3. The van der Waals surface area contributed by atoms with E-state index in [1.165, 1.54) is 6.07 Å². The second-order valence-electron chi connectivity index (χ2n) is 2.59. The monoisotopic (exact) mass is 167 g/mol. The summed E-state index contributed by atoms with van der Waals surface area (Å²) in [6.07, 6.45) is 0. The molecule has 0 aromatic heterocycles. The van der Waals surface area contributed by atoms with Crippen molar-refractivity contribution in [3.63, 3.8) is 0 Å². The van der Waals surface area contributed by atoms with Gasteiger partial charge in [0, 0.05) is 11.8 Å². The van der Waals surface area contributed by atoms with Crippen molar-refractivity contribution in [1.82, 2.24) is 0 Å². The molecule has 0 bridgehead atoms. The SMILES string of the molecule is Nc1cc(F)c2c(c1)C(=O)CO2. The summed E-state index contributed by atoms with van der Waals surface area (Å²) >= 11 is 0. The summed E-state index contributed by atoms with van der Waals surface area (Å²) in [5.41, 5.74) is 5.83. The Labute approximate surface area is 67.9 Å². The zero-order valence-corrected chi connectivity index (χ0v) is 6.13. The predicted molar refractivity (Wildman–Crippen MR) is 40.6 cm³/mol. The minimum absolute atomic E-state index is 0.0224. The Bertz CT molecular complexity index is 362. The highest BCUT2D eigenvalue weighted by molar-refractivity contribution is 6.03. The van der Waals surface area contributed by atoms with E-state index in [0.717, 1.165) is 6.07 Å². The van der Waals surface area contributed by atoms with Gasteiger partial charge in [-0.2, -0.15) is 0 Å². The fourth-order valence-electron chi connectivity index (χ4n) is 1.18. The maximum absolute atomic E-state index is 13.0. The molecule has 2 rings (SSSR count). The summed E-state index contributed by atoms with van der Waals surface area (Å²) in [4.78, 5) is 11.0. The zero-order chi connectivity index (χ0) is 8.72. The average Bonchev–Trinajstić information content (AvgIpc) is 2.33. The zero-order valence-electron chi connectivity index (χ0n) is 6.13. The first-order valence-electron chi connectivity index (χ1n) is 3.43. The van der Waals surface area contributed by atoms with Gasteiger partial charge < -0.3 is 10.5 Å². The summed E-state index contributed by atoms with van der Waals surface area (Å²) in [7, 11) is 0. The van der Waals surface area contributed by atoms with Crippen molar-refractivity contribution in [3.8, 4) is 5.75 Å². The van der Waals surface area contributed by atoms with E-state index in [-0.39, 0.29) is 29.4 Å². The molecule has 4 heteroatoms. The summed E-state index contributed by atoms with van der Waals surface area (Å²) in [5, 5.41) is 0. The average molecular weight is 167 g/mol. The van der Waals surface area contributed by atoms with Crippen LogP contribution in [0.3, 0.4) is 0 Å². The van der Waals surface area contributed by atoms with Gasteiger partial charge in [-0.15, -0.1) is 0 Å². The molecule has 1 aromatic carbocycles. The van der Waals surface area contributed by atoms with Crippen molar-refractivity contribution < 1.29 is 13.9 Å². The van der Waals surface area contributed by atoms with Gasteiger partial charge in [0.2, 0.25) is 5.78 Å². The molecule has 2 N–H and O–H groups in total. The molecule has 0 radical (unpaired) electrons. The number of anilines is 1. The Balaban J connectivity index is 2.68. The van der Waals surface area contributed by atoms with Crippen LogP contribution in [0, 0.1) is 5.82 Å². The van der Waals surface area contributed by atoms with Gasteiger partial charge in [-0.05, 0) is 6.07 Å². The molecule has 3 nitrogen and oxygen atoms in total. The molecular weight excluding hydrogens is 161 g/mol. The number of halogens is 1. The second-order valence-corrected chi connectivity index (χ2v) is 2.59. The van der Waals surface area contributed by atoms with Crippen LogP contribution < -0.4 is 10.5 Å². The molecule has 1 aromatic rings. The van der Waals surface area contributed by atoms with Crippen molar-refractivity contribution in [2.24, 2.45) is 0 Å². The number of nitrogens with two attached hydrogens (primary N) is 1. The van der Waals surface area contributed by atoms with Crippen LogP contribution >= 0.6 is 0 Å². The third kappa shape index (κ3) is 0.845. The van der Waals surface area contributed by atoms with E-state index in [1.54, 1.807) is 0 Å². The largest absolute Gasteiger partial charge is 0.482 e. The van der Waals surface area contributed by atoms with E-state index < -0.39 is 5.82 Å². The molecule has 0 aliphatic carbocycles. The molecule has 0 spiro atoms. The fourth-order valence-corrected chi connectivity index (χ4v) is 1.18. The van der Waals surface area contributed by atoms with Crippen LogP contribution in [-0.4, -0.2) is 12.4 Å². The van der Waals surface area contributed by atoms with Crippen molar-refractivity contribution in [2.75, 3.05) is 12.3 Å². The van der Waals surface area contributed by atoms with E-state index >= 15 is 0 Å². The lowest BCUT2D eigenvalue weighted by molar-refractivity contribution is 0.0960. The van der Waals surface area contributed by atoms with Crippen molar-refractivity contribution in [3.05, 3.63) is 23.5 Å². The molecule has 1 heterocycles. The number of hydrogen-bond donors (Lipinski definition) is 1. The minimum Gasteiger partial charge on any atom is -0.482 e. The summed E-state index contributed by atoms with van der Waals surface area (Å²) < 4.78 is 17.8. The first-order chi connectivity index (χ1) is 5.68. The molecule has 62 valence electrons. The highest BCUT2D eigenvalue weighted by Crippen LogP contribution is 2.30. The van der Waals surface area contributed by atoms with Gasteiger partial charge in [0.1, 0.15) is 0 Å². The maximum Gasteiger partial charge on any atom is 0.204 e. The first kappa shape index (κ1) is 7.09. The number of nitrogen functional groups attached to an aromatic ring is 1. The summed E-state index contributed by atoms with van der Waals surface area (Å²) in [5.74, 6) is -0.777. The number of fused-ring (bicyclic) bond motifs is 1. The van der Waals surface area contributed by atoms with Crippen LogP contribution in [-0.2, 0) is 0 Å². The lowest BCUT2D eigenvalue weighted by Crippen LogP contribution is -1.99. The molecule has 0 saturated carbocycles. The van der Waals surface area contributed by atoms with Gasteiger partial charge in [-0.3, -0.25) is 4.79 Å². The highest BCUT2D eigenvalue weighted by Gasteiger charge is 2.24. The van der Waals surface area contributed by atoms with Gasteiger partial charge in [0.15, 0.2) is 18.2 Å². The third-order valence-corrected chi connectivity index (χ3v) is 1.71. The number of Topliss-reactive ketones (excluding diaryl/α,β-unsaturated/α-hetero) is 1. The number of ether oxygens (including phenoxy) is 1. The van der Waals surface area contributed by atoms with E-state index in [2.05, 4.69) is 0 Å². The molecule has 12 heavy (non-hydrogen) atoms. The Morgan fingerprint density at radius 2 is 2.25 bits per heavy atom. The third-order valence-electron chi connectivity index (χ3n) is 1.71. The van der Waals surface area contributed by atoms with Crippen LogP contribution in [0.25, 0.3) is 0 Å². The second kappa shape index (κ2) is 2.20. The van der Waals surface area contributed by atoms with Gasteiger partial charge in [-0.1, -0.05) is 0 Å². The molecule has 0 fully saturated rings. The minimum atomic E-state index is -0.573. The normalized spacial score (nSPS) is 14.2. The van der Waals surface area contributed by atoms with Crippen LogP contribution in [0.15, 0.2) is 12.1 Å². The van der Waals surface area contributed by atoms with Gasteiger partial charge in [-0.25, -0.2) is 4.39 Å². The fraction of sp³-hybridized carbons (Fsp3) is 0.125. The molecule has 0 unspecified atom stereocenters. The number of carbonyl (C=O) groups excluding carboxylic acids is 1. The van der Waals surface area contributed by atoms with Crippen LogP contribution in [0.2, 0.25) is 0 Å². The molecule has 1 aliphatic rings. The number of ketones is 1. The molecule has 0 atom stereocenters. The smallest absolute Gasteiger partial charge is 0.204 e. The Morgan fingerprint density at radius 1 is 1.50 bits per heavy atom. The van der Waals surface area contributed by atoms with E-state index in [0.29, 0.717) is 0 Å². The van der Waals surface area contributed by atoms with Gasteiger partial charge in [0.05, 0.1) is 5.56 Å². The number of rotatable bonds is 0. The highest BCUT2D eigenvalue weighted by atomic mass is 19.1. The van der Waals surface area contributed by atoms with Crippen molar-refractivity contribution >= 4 is 11.5 Å². The van der Waals surface area contributed by atoms with E-state index in [9.17, 15) is 9.18 Å². The van der Waals surface area contributed by atoms with Crippen LogP contribution in [0.1, 0.15) is 10.4 Å². The lowest BCUT2D eigenvalue weighted by Gasteiger charge is -1.99. The van der Waals surface area contributed by atoms with Gasteiger partial charge in [0.25, 0.3) is 0 Å². The first-order valence-corrected chi connectivity index (χ1v) is 3.43. The quantitative estimate of drug-likeness (QED) is 0.586. The number of benzene rings is 1. The van der Waals surface area contributed by atoms with Crippen molar-refractivity contribution in [1.29, 1.82) is 0 Å². The summed E-state index contributed by atoms with van der Waals surface area (Å²) in [6, 6.07) is 2.56. The predicted octanol–water partition coefficient (Wildman–Crippen LogP) is 0.983. The standard InChI is InChI=1S/C8H6FNO2/c9-6-2-4(10)1-5-7(11)3-12-8(5)6/h1-2H,3,10H2. The molecule has 0 amide bonds. The van der Waals surface area contributed by atoms with Gasteiger partial charge >= 0.3 is 0 Å². The van der Waals surface area contributed by atoms with Crippen molar-refractivity contribution in [2.45, 2.75) is 0 Å². The Hall–Kier alpha value is -1.58. The molecular formula is C8H6FNO2. The van der Waals surface area contributed by atoms with Crippen LogP contribution in [0.4, 0.5) is 10.1 Å². The van der Waals surface area contributed by atoms with E-state index in [1.807, 2.05) is 0 Å². The summed E-state index contributed by atoms with van der Waals surface area (Å²) in [6.45, 7) is -0.0876. The number of carbonyl (C=O) groups is 1. The molecule has 1 aliphatic heterocycles. The van der Waals surface area contributed by atoms with Crippen LogP contribution in [0.5, 0.6) is 5.75 Å². The van der Waals surface area contributed by atoms with E-state index in [4.69, 9.17) is 10.5 Å². The molecule has 0 saturated heterocycles. The Kier molecular flexibility index (Phi) is 1.30. The maximum atomic E-state index is 13.0. The lowest BCUT2D eigenvalue weighted by atomic mass is 10.1. The Morgan fingerprint density at radius 3 is 3.00 bits per heavy atom.